The number of nitrogens with zero attached hydrogens (tertiary/aromatic N) is 1. The van der Waals surface area contributed by atoms with Gasteiger partial charge in [-0.15, -0.1) is 0 Å². The van der Waals surface area contributed by atoms with Gasteiger partial charge < -0.3 is 0 Å². The second-order valence-corrected chi connectivity index (χ2v) is 3.28. The van der Waals surface area contributed by atoms with Crippen molar-refractivity contribution in [2.75, 3.05) is 0 Å². The molecule has 0 N–H and O–H groups in total. The van der Waals surface area contributed by atoms with E-state index in [4.69, 9.17) is 5.48 Å². The quantitative estimate of drug-likeness (QED) is 0.740. The maximum atomic E-state index is 7.79. The summed E-state index contributed by atoms with van der Waals surface area (Å²) in [5, 5.41) is 0. The van der Waals surface area contributed by atoms with Crippen molar-refractivity contribution in [2.45, 2.75) is 0 Å². The third-order valence-electron chi connectivity index (χ3n) is 1.60. The van der Waals surface area contributed by atoms with Gasteiger partial charge in [-0.1, -0.05) is 40.2 Å². The third-order valence-corrected chi connectivity index (χ3v) is 2.29. The van der Waals surface area contributed by atoms with E-state index >= 15 is 0 Å². The maximum absolute atomic E-state index is 7.79. The van der Waals surface area contributed by atoms with Crippen molar-refractivity contribution in [1.82, 2.24) is 4.98 Å². The van der Waals surface area contributed by atoms with E-state index in [1.165, 1.54) is 0 Å². The first-order valence-corrected chi connectivity index (χ1v) is 4.51. The summed E-state index contributed by atoms with van der Waals surface area (Å²) in [4.78, 5) is 3.91. The highest BCUT2D eigenvalue weighted by Crippen LogP contribution is 2.25. The zero-order valence-corrected chi connectivity index (χ0v) is 8.22. The van der Waals surface area contributed by atoms with Crippen LogP contribution in [-0.2, 0) is 0 Å². The molecule has 0 bridgehead atoms. The van der Waals surface area contributed by atoms with Crippen LogP contribution in [0, 0.1) is 0 Å². The van der Waals surface area contributed by atoms with E-state index in [9.17, 15) is 0 Å². The number of halogens is 1. The standard InChI is InChI=1S/C11H8BrN/c12-10-6-2-1-5-9(10)11-7-3-4-8-13-11/h1-8H/i3D,4D,7D,8D. The zero-order valence-electron chi connectivity index (χ0n) is 10.6. The first kappa shape index (κ1) is 4.91. The van der Waals surface area contributed by atoms with Crippen LogP contribution in [0.5, 0.6) is 0 Å². The van der Waals surface area contributed by atoms with E-state index in [1.54, 1.807) is 18.2 Å². The molecule has 2 aromatic rings. The van der Waals surface area contributed by atoms with Gasteiger partial charge in [-0.2, -0.15) is 0 Å². The summed E-state index contributed by atoms with van der Waals surface area (Å²) < 4.78 is 31.1. The molecule has 0 radical (unpaired) electrons. The summed E-state index contributed by atoms with van der Waals surface area (Å²) >= 11 is 3.34. The van der Waals surface area contributed by atoms with Gasteiger partial charge in [0.05, 0.1) is 11.2 Å². The fourth-order valence-corrected chi connectivity index (χ4v) is 1.48. The Morgan fingerprint density at radius 2 is 2.08 bits per heavy atom. The van der Waals surface area contributed by atoms with Gasteiger partial charge in [-0.25, -0.2) is 0 Å². The molecular formula is C11H8BrN. The molecule has 64 valence electrons. The molecule has 2 heteroatoms. The second-order valence-electron chi connectivity index (χ2n) is 2.43. The Labute approximate surface area is 91.2 Å². The lowest BCUT2D eigenvalue weighted by Crippen LogP contribution is -1.82. The Morgan fingerprint density at radius 3 is 2.92 bits per heavy atom. The van der Waals surface area contributed by atoms with Gasteiger partial charge in [0.25, 0.3) is 0 Å². The Bertz CT molecular complexity index is 586. The van der Waals surface area contributed by atoms with Crippen LogP contribution in [0.3, 0.4) is 0 Å². The molecule has 0 fully saturated rings. The fourth-order valence-electron chi connectivity index (χ4n) is 1.01. The summed E-state index contributed by atoms with van der Waals surface area (Å²) in [6.45, 7) is 0. The lowest BCUT2D eigenvalue weighted by molar-refractivity contribution is 1.32. The SMILES string of the molecule is [2H]c1nc(-c2ccccc2Br)c([2H])c([2H])c1[2H]. The van der Waals surface area contributed by atoms with Crippen molar-refractivity contribution >= 4 is 15.9 Å². The second kappa shape index (κ2) is 3.71. The van der Waals surface area contributed by atoms with Crippen LogP contribution in [-0.4, -0.2) is 4.98 Å². The molecule has 0 aliphatic heterocycles. The molecule has 0 aliphatic carbocycles. The molecule has 0 saturated heterocycles. The van der Waals surface area contributed by atoms with E-state index in [2.05, 4.69) is 20.9 Å². The van der Waals surface area contributed by atoms with Gasteiger partial charge >= 0.3 is 0 Å². The van der Waals surface area contributed by atoms with Crippen molar-refractivity contribution in [1.29, 1.82) is 0 Å². The third kappa shape index (κ3) is 1.78. The lowest BCUT2D eigenvalue weighted by Gasteiger charge is -2.01. The minimum Gasteiger partial charge on any atom is -0.256 e. The summed E-state index contributed by atoms with van der Waals surface area (Å²) in [6.07, 6.45) is -0.281. The molecule has 0 aliphatic rings. The number of rotatable bonds is 1. The van der Waals surface area contributed by atoms with Crippen molar-refractivity contribution in [2.24, 2.45) is 0 Å². The van der Waals surface area contributed by atoms with Crippen LogP contribution >= 0.6 is 15.9 Å². The topological polar surface area (TPSA) is 12.9 Å². The van der Waals surface area contributed by atoms with Crippen molar-refractivity contribution < 1.29 is 5.48 Å². The van der Waals surface area contributed by atoms with Gasteiger partial charge in [-0.05, 0) is 18.2 Å². The summed E-state index contributed by atoms with van der Waals surface area (Å²) in [5.41, 5.74) is 0.906. The predicted octanol–water partition coefficient (Wildman–Crippen LogP) is 3.51. The van der Waals surface area contributed by atoms with Crippen LogP contribution in [0.4, 0.5) is 0 Å². The molecule has 1 nitrogen and oxygen atoms in total. The van der Waals surface area contributed by atoms with Gasteiger partial charge in [0, 0.05) is 16.2 Å². The highest BCUT2D eigenvalue weighted by atomic mass is 79.9. The minimum absolute atomic E-state index is 0.127. The fraction of sp³-hybridized carbons (Fsp3) is 0. The minimum atomic E-state index is -0.314. The van der Waals surface area contributed by atoms with Crippen LogP contribution in [0.1, 0.15) is 5.48 Å². The van der Waals surface area contributed by atoms with Crippen LogP contribution < -0.4 is 0 Å². The van der Waals surface area contributed by atoms with Crippen molar-refractivity contribution in [3.05, 3.63) is 53.0 Å². The van der Waals surface area contributed by atoms with Crippen LogP contribution in [0.15, 0.2) is 53.0 Å². The monoisotopic (exact) mass is 237 g/mol. The smallest absolute Gasteiger partial charge is 0.0840 e. The molecule has 0 atom stereocenters. The Hall–Kier alpha value is -1.15. The average molecular weight is 238 g/mol. The highest BCUT2D eigenvalue weighted by molar-refractivity contribution is 9.10. The summed E-state index contributed by atoms with van der Waals surface area (Å²) in [7, 11) is 0. The zero-order chi connectivity index (χ0) is 12.6. The lowest BCUT2D eigenvalue weighted by atomic mass is 10.1. The number of hydrogen-bond donors (Lipinski definition) is 0. The van der Waals surface area contributed by atoms with Gasteiger partial charge in [0.15, 0.2) is 0 Å². The van der Waals surface area contributed by atoms with E-state index < -0.39 is 0 Å². The van der Waals surface area contributed by atoms with Gasteiger partial charge in [0.1, 0.15) is 0 Å². The summed E-state index contributed by atoms with van der Waals surface area (Å²) in [6, 6.07) is 6.48. The normalized spacial score (nSPS) is 14.2. The molecule has 0 amide bonds. The van der Waals surface area contributed by atoms with Gasteiger partial charge in [-0.3, -0.25) is 4.98 Å². The molecule has 1 aromatic carbocycles. The first-order chi connectivity index (χ1) is 8.02. The van der Waals surface area contributed by atoms with E-state index in [0.29, 0.717) is 5.56 Å². The van der Waals surface area contributed by atoms with E-state index in [-0.39, 0.29) is 30.0 Å². The Balaban J connectivity index is 2.73. The largest absolute Gasteiger partial charge is 0.256 e. The van der Waals surface area contributed by atoms with Crippen LogP contribution in [0.2, 0.25) is 0 Å². The van der Waals surface area contributed by atoms with Gasteiger partial charge in [0.2, 0.25) is 0 Å². The molecule has 2 rings (SSSR count). The Kier molecular flexibility index (Phi) is 1.40. The molecule has 1 heterocycles. The molecule has 0 unspecified atom stereocenters. The van der Waals surface area contributed by atoms with E-state index in [0.717, 1.165) is 4.47 Å². The van der Waals surface area contributed by atoms with E-state index in [1.807, 2.05) is 6.07 Å². The van der Waals surface area contributed by atoms with Crippen molar-refractivity contribution in [3.63, 3.8) is 0 Å². The summed E-state index contributed by atoms with van der Waals surface area (Å²) in [5.74, 6) is 0. The molecule has 0 spiro atoms. The molecule has 1 aromatic heterocycles. The molecule has 0 saturated carbocycles. The van der Waals surface area contributed by atoms with Crippen molar-refractivity contribution in [3.8, 4) is 11.3 Å². The first-order valence-electron chi connectivity index (χ1n) is 5.71. The molecular weight excluding hydrogens is 226 g/mol. The average Bonchev–Trinajstić information content (AvgIpc) is 2.32. The number of pyridine rings is 1. The number of hydrogen-bond acceptors (Lipinski definition) is 1. The highest BCUT2D eigenvalue weighted by Gasteiger charge is 2.00. The molecule has 13 heavy (non-hydrogen) atoms. The maximum Gasteiger partial charge on any atom is 0.0840 e. The number of benzene rings is 1. The predicted molar refractivity (Wildman–Crippen MR) is 57.4 cm³/mol. The van der Waals surface area contributed by atoms with Crippen LogP contribution in [0.25, 0.3) is 11.3 Å². The Morgan fingerprint density at radius 1 is 1.23 bits per heavy atom. The number of aromatic nitrogens is 1.